The molecule has 1 fully saturated rings. The van der Waals surface area contributed by atoms with Crippen molar-refractivity contribution in [3.05, 3.63) is 24.0 Å². The number of sulfonamides is 1. The molecule has 1 saturated heterocycles. The number of hydrogen-bond donors (Lipinski definition) is 2. The van der Waals surface area contributed by atoms with Gasteiger partial charge in [-0.25, -0.2) is 12.8 Å². The maximum absolute atomic E-state index is 13.6. The van der Waals surface area contributed by atoms with Gasteiger partial charge in [-0.05, 0) is 24.6 Å². The van der Waals surface area contributed by atoms with Crippen LogP contribution in [0.1, 0.15) is 6.42 Å². The molecule has 1 unspecified atom stereocenters. The van der Waals surface area contributed by atoms with E-state index in [0.717, 1.165) is 12.1 Å². The number of carbonyl (C=O) groups excluding carboxylic acids is 1. The zero-order valence-corrected chi connectivity index (χ0v) is 11.1. The van der Waals surface area contributed by atoms with Crippen LogP contribution < -0.4 is 10.5 Å². The van der Waals surface area contributed by atoms with Crippen LogP contribution in [0.5, 0.6) is 0 Å². The molecule has 1 aliphatic heterocycles. The van der Waals surface area contributed by atoms with Gasteiger partial charge in [-0.3, -0.25) is 4.79 Å². The van der Waals surface area contributed by atoms with Crippen molar-refractivity contribution < 1.29 is 17.6 Å². The molecule has 1 aliphatic rings. The third-order valence-electron chi connectivity index (χ3n) is 2.97. The Morgan fingerprint density at radius 3 is 2.68 bits per heavy atom. The lowest BCUT2D eigenvalue weighted by molar-refractivity contribution is -0.127. The van der Waals surface area contributed by atoms with Gasteiger partial charge >= 0.3 is 0 Å². The highest BCUT2D eigenvalue weighted by Gasteiger charge is 2.33. The molecule has 0 radical (unpaired) electrons. The third kappa shape index (κ3) is 2.69. The first kappa shape index (κ1) is 13.8. The van der Waals surface area contributed by atoms with Crippen molar-refractivity contribution >= 4 is 21.6 Å². The smallest absolute Gasteiger partial charge is 0.244 e. The molecule has 0 aliphatic carbocycles. The highest BCUT2D eigenvalue weighted by Crippen LogP contribution is 2.19. The minimum Gasteiger partial charge on any atom is -0.399 e. The maximum atomic E-state index is 13.6. The van der Waals surface area contributed by atoms with Crippen LogP contribution in [0.25, 0.3) is 0 Å². The molecule has 0 saturated carbocycles. The average molecular weight is 287 g/mol. The van der Waals surface area contributed by atoms with Gasteiger partial charge in [0.1, 0.15) is 16.8 Å². The Labute approximate surface area is 110 Å². The normalized spacial score (nSPS) is 20.0. The number of nitrogens with two attached hydrogens (primary N) is 1. The number of nitrogens with zero attached hydrogens (tertiary/aromatic N) is 1. The summed E-state index contributed by atoms with van der Waals surface area (Å²) < 4.78 is 39.8. The molecule has 104 valence electrons. The number of hydrogen-bond acceptors (Lipinski definition) is 4. The lowest BCUT2D eigenvalue weighted by atomic mass is 10.3. The highest BCUT2D eigenvalue weighted by atomic mass is 32.2. The molecule has 1 heterocycles. The lowest BCUT2D eigenvalue weighted by Gasteiger charge is -2.13. The van der Waals surface area contributed by atoms with Crippen molar-refractivity contribution in [3.8, 4) is 0 Å². The molecule has 8 heteroatoms. The van der Waals surface area contributed by atoms with Gasteiger partial charge in [0.05, 0.1) is 0 Å². The van der Waals surface area contributed by atoms with Crippen molar-refractivity contribution in [1.82, 2.24) is 9.62 Å². The fraction of sp³-hybridized carbons (Fsp3) is 0.364. The van der Waals surface area contributed by atoms with E-state index >= 15 is 0 Å². The van der Waals surface area contributed by atoms with Crippen LogP contribution in [0.15, 0.2) is 23.1 Å². The number of likely N-dealkylation sites (tertiary alicyclic amines) is 1. The molecule has 0 spiro atoms. The minimum absolute atomic E-state index is 0.133. The zero-order chi connectivity index (χ0) is 14.2. The Bertz CT molecular complexity index is 618. The standard InChI is InChI=1S/C11H14FN3O3S/c1-15-5-4-9(11(15)16)14-19(17,18)10-3-2-7(13)6-8(10)12/h2-3,6,9,14H,4-5,13H2,1H3. The minimum atomic E-state index is -4.08. The van der Waals surface area contributed by atoms with E-state index in [4.69, 9.17) is 5.73 Å². The van der Waals surface area contributed by atoms with Gasteiger partial charge in [-0.2, -0.15) is 4.72 Å². The SMILES string of the molecule is CN1CCC(NS(=O)(=O)c2ccc(N)cc2F)C1=O. The topological polar surface area (TPSA) is 92.5 Å². The number of rotatable bonds is 3. The van der Waals surface area contributed by atoms with Gasteiger partial charge < -0.3 is 10.6 Å². The van der Waals surface area contributed by atoms with Crippen molar-refractivity contribution in [3.63, 3.8) is 0 Å². The number of benzene rings is 1. The van der Waals surface area contributed by atoms with E-state index < -0.39 is 26.8 Å². The van der Waals surface area contributed by atoms with Gasteiger partial charge in [0.25, 0.3) is 0 Å². The number of nitrogen functional groups attached to an aromatic ring is 1. The van der Waals surface area contributed by atoms with Crippen LogP contribution in [0, 0.1) is 5.82 Å². The van der Waals surface area contributed by atoms with Crippen LogP contribution in [0.2, 0.25) is 0 Å². The van der Waals surface area contributed by atoms with E-state index in [1.165, 1.54) is 11.0 Å². The van der Waals surface area contributed by atoms with E-state index in [-0.39, 0.29) is 11.6 Å². The van der Waals surface area contributed by atoms with Gasteiger partial charge in [0.2, 0.25) is 15.9 Å². The molecule has 1 atom stereocenters. The van der Waals surface area contributed by atoms with E-state index in [2.05, 4.69) is 4.72 Å². The third-order valence-corrected chi connectivity index (χ3v) is 4.48. The number of likely N-dealkylation sites (N-methyl/N-ethyl adjacent to an activating group) is 1. The Hall–Kier alpha value is -1.67. The second-order valence-corrected chi connectivity index (χ2v) is 6.09. The molecule has 0 bridgehead atoms. The van der Waals surface area contributed by atoms with Crippen LogP contribution >= 0.6 is 0 Å². The number of amides is 1. The van der Waals surface area contributed by atoms with Crippen molar-refractivity contribution in [2.24, 2.45) is 0 Å². The Balaban J connectivity index is 2.26. The van der Waals surface area contributed by atoms with Crippen molar-refractivity contribution in [2.45, 2.75) is 17.4 Å². The van der Waals surface area contributed by atoms with Crippen molar-refractivity contribution in [1.29, 1.82) is 0 Å². The van der Waals surface area contributed by atoms with Gasteiger partial charge in [0.15, 0.2) is 0 Å². The predicted molar refractivity (Wildman–Crippen MR) is 67.2 cm³/mol. The number of carbonyl (C=O) groups is 1. The Morgan fingerprint density at radius 2 is 2.16 bits per heavy atom. The Kier molecular flexibility index (Phi) is 3.46. The molecule has 1 aromatic rings. The summed E-state index contributed by atoms with van der Waals surface area (Å²) in [6.07, 6.45) is 0.366. The number of nitrogens with one attached hydrogen (secondary N) is 1. The van der Waals surface area contributed by atoms with Gasteiger partial charge in [-0.15, -0.1) is 0 Å². The molecule has 6 nitrogen and oxygen atoms in total. The molecular formula is C11H14FN3O3S. The second-order valence-electron chi connectivity index (χ2n) is 4.41. The summed E-state index contributed by atoms with van der Waals surface area (Å²) >= 11 is 0. The zero-order valence-electron chi connectivity index (χ0n) is 10.3. The largest absolute Gasteiger partial charge is 0.399 e. The first-order valence-electron chi connectivity index (χ1n) is 5.63. The molecule has 3 N–H and O–H groups in total. The van der Waals surface area contributed by atoms with E-state index in [0.29, 0.717) is 13.0 Å². The first-order chi connectivity index (χ1) is 8.81. The monoisotopic (exact) mass is 287 g/mol. The summed E-state index contributed by atoms with van der Waals surface area (Å²) in [5, 5.41) is 0. The molecule has 19 heavy (non-hydrogen) atoms. The summed E-state index contributed by atoms with van der Waals surface area (Å²) in [6, 6.07) is 2.46. The van der Waals surface area contributed by atoms with E-state index in [9.17, 15) is 17.6 Å². The fourth-order valence-corrected chi connectivity index (χ4v) is 3.20. The van der Waals surface area contributed by atoms with Gasteiger partial charge in [-0.1, -0.05) is 0 Å². The summed E-state index contributed by atoms with van der Waals surface area (Å²) in [6.45, 7) is 0.468. The van der Waals surface area contributed by atoms with Crippen LogP contribution in [-0.2, 0) is 14.8 Å². The quantitative estimate of drug-likeness (QED) is 0.760. The van der Waals surface area contributed by atoms with Crippen molar-refractivity contribution in [2.75, 3.05) is 19.3 Å². The summed E-state index contributed by atoms with van der Waals surface area (Å²) in [7, 11) is -2.49. The maximum Gasteiger partial charge on any atom is 0.244 e. The highest BCUT2D eigenvalue weighted by molar-refractivity contribution is 7.89. The van der Waals surface area contributed by atoms with E-state index in [1.807, 2.05) is 0 Å². The summed E-state index contributed by atoms with van der Waals surface area (Å²) in [5.41, 5.74) is 5.49. The number of anilines is 1. The molecular weight excluding hydrogens is 273 g/mol. The Morgan fingerprint density at radius 1 is 1.47 bits per heavy atom. The van der Waals surface area contributed by atoms with Crippen LogP contribution in [-0.4, -0.2) is 38.9 Å². The molecule has 0 aromatic heterocycles. The first-order valence-corrected chi connectivity index (χ1v) is 7.12. The van der Waals surface area contributed by atoms with E-state index in [1.54, 1.807) is 7.05 Å². The van der Waals surface area contributed by atoms with Gasteiger partial charge in [0, 0.05) is 19.3 Å². The molecule has 2 rings (SSSR count). The fourth-order valence-electron chi connectivity index (χ4n) is 1.92. The summed E-state index contributed by atoms with van der Waals surface area (Å²) in [4.78, 5) is 12.6. The summed E-state index contributed by atoms with van der Waals surface area (Å²) in [5.74, 6) is -1.26. The van der Waals surface area contributed by atoms with Crippen LogP contribution in [0.4, 0.5) is 10.1 Å². The second kappa shape index (κ2) is 4.78. The van der Waals surface area contributed by atoms with Crippen LogP contribution in [0.3, 0.4) is 0 Å². The molecule has 1 aromatic carbocycles. The average Bonchev–Trinajstić information content (AvgIpc) is 2.60. The number of halogens is 1. The molecule has 1 amide bonds. The predicted octanol–water partition coefficient (Wildman–Crippen LogP) is -0.0831. The lowest BCUT2D eigenvalue weighted by Crippen LogP contribution is -2.40.